The van der Waals surface area contributed by atoms with E-state index in [1.807, 2.05) is 37.3 Å². The summed E-state index contributed by atoms with van der Waals surface area (Å²) in [6.07, 6.45) is 2.38. The molecule has 1 aliphatic rings. The molecule has 0 spiro atoms. The Labute approximate surface area is 118 Å². The summed E-state index contributed by atoms with van der Waals surface area (Å²) in [7, 11) is 0. The Kier molecular flexibility index (Phi) is 5.01. The molecule has 108 valence electrons. The van der Waals surface area contributed by atoms with Gasteiger partial charge in [-0.1, -0.05) is 37.3 Å². The van der Waals surface area contributed by atoms with E-state index in [9.17, 15) is 4.79 Å². The third-order valence-corrected chi connectivity index (χ3v) is 3.23. The van der Waals surface area contributed by atoms with Crippen LogP contribution < -0.4 is 0 Å². The van der Waals surface area contributed by atoms with Gasteiger partial charge in [-0.15, -0.1) is 0 Å². The van der Waals surface area contributed by atoms with Crippen molar-refractivity contribution in [1.82, 2.24) is 4.90 Å². The van der Waals surface area contributed by atoms with E-state index >= 15 is 0 Å². The molecule has 0 fully saturated rings. The summed E-state index contributed by atoms with van der Waals surface area (Å²) in [5.74, 6) is -0.0376. The standard InChI is InChI=1S/C15H19NO4/c1-12(10-17)14-9-16(7-8-19-14)15(18)20-11-13-5-3-2-4-6-13/h2-8,12,14,17H,9-11H2,1H3/t12-,14+/m0/s1. The summed E-state index contributed by atoms with van der Waals surface area (Å²) in [5, 5.41) is 9.13. The van der Waals surface area contributed by atoms with Gasteiger partial charge in [0.1, 0.15) is 12.7 Å². The maximum Gasteiger partial charge on any atom is 0.414 e. The van der Waals surface area contributed by atoms with Crippen molar-refractivity contribution in [3.8, 4) is 0 Å². The molecule has 5 nitrogen and oxygen atoms in total. The molecule has 2 atom stereocenters. The lowest BCUT2D eigenvalue weighted by atomic mass is 10.1. The first kappa shape index (κ1) is 14.4. The highest BCUT2D eigenvalue weighted by atomic mass is 16.6. The number of nitrogens with zero attached hydrogens (tertiary/aromatic N) is 1. The van der Waals surface area contributed by atoms with Crippen LogP contribution in [-0.2, 0) is 16.1 Å². The first-order valence-electron chi connectivity index (χ1n) is 6.61. The number of hydrogen-bond donors (Lipinski definition) is 1. The topological polar surface area (TPSA) is 59.0 Å². The van der Waals surface area contributed by atoms with E-state index in [0.29, 0.717) is 6.54 Å². The van der Waals surface area contributed by atoms with Gasteiger partial charge in [0, 0.05) is 18.7 Å². The van der Waals surface area contributed by atoms with Crippen molar-refractivity contribution < 1.29 is 19.4 Å². The number of benzene rings is 1. The van der Waals surface area contributed by atoms with Crippen molar-refractivity contribution in [2.45, 2.75) is 19.6 Å². The molecule has 0 saturated carbocycles. The van der Waals surface area contributed by atoms with E-state index in [0.717, 1.165) is 5.56 Å². The lowest BCUT2D eigenvalue weighted by Crippen LogP contribution is -2.41. The number of amides is 1. The molecule has 1 amide bonds. The monoisotopic (exact) mass is 277 g/mol. The van der Waals surface area contributed by atoms with Crippen LogP contribution in [0, 0.1) is 5.92 Å². The van der Waals surface area contributed by atoms with Gasteiger partial charge in [-0.3, -0.25) is 4.90 Å². The summed E-state index contributed by atoms with van der Waals surface area (Å²) in [6.45, 7) is 2.51. The molecule has 0 bridgehead atoms. The Hall–Kier alpha value is -2.01. The number of rotatable bonds is 4. The molecule has 20 heavy (non-hydrogen) atoms. The fourth-order valence-electron chi connectivity index (χ4n) is 1.88. The quantitative estimate of drug-likeness (QED) is 0.916. The molecule has 0 aliphatic carbocycles. The minimum Gasteiger partial charge on any atom is -0.494 e. The molecule has 5 heteroatoms. The number of ether oxygens (including phenoxy) is 2. The Morgan fingerprint density at radius 3 is 2.95 bits per heavy atom. The van der Waals surface area contributed by atoms with E-state index < -0.39 is 6.09 Å². The number of carbonyl (C=O) groups is 1. The van der Waals surface area contributed by atoms with Gasteiger partial charge >= 0.3 is 6.09 Å². The van der Waals surface area contributed by atoms with E-state index in [1.165, 1.54) is 11.2 Å². The van der Waals surface area contributed by atoms with Gasteiger partial charge < -0.3 is 14.6 Å². The van der Waals surface area contributed by atoms with Crippen LogP contribution in [0.4, 0.5) is 4.79 Å². The average molecular weight is 277 g/mol. The van der Waals surface area contributed by atoms with Crippen LogP contribution in [0.5, 0.6) is 0 Å². The van der Waals surface area contributed by atoms with E-state index in [-0.39, 0.29) is 25.2 Å². The first-order chi connectivity index (χ1) is 9.70. The second-order valence-electron chi connectivity index (χ2n) is 4.81. The Balaban J connectivity index is 1.86. The zero-order chi connectivity index (χ0) is 14.4. The predicted octanol–water partition coefficient (Wildman–Crippen LogP) is 2.12. The molecule has 0 saturated heterocycles. The van der Waals surface area contributed by atoms with Crippen LogP contribution >= 0.6 is 0 Å². The normalized spacial score (nSPS) is 19.3. The minimum atomic E-state index is -0.413. The van der Waals surface area contributed by atoms with Gasteiger partial charge in [0.2, 0.25) is 0 Å². The molecule has 0 unspecified atom stereocenters. The Morgan fingerprint density at radius 2 is 2.25 bits per heavy atom. The largest absolute Gasteiger partial charge is 0.494 e. The molecule has 1 heterocycles. The van der Waals surface area contributed by atoms with Gasteiger partial charge in [0.05, 0.1) is 12.8 Å². The van der Waals surface area contributed by atoms with E-state index in [4.69, 9.17) is 14.6 Å². The highest BCUT2D eigenvalue weighted by Gasteiger charge is 2.26. The molecule has 0 aromatic heterocycles. The summed E-state index contributed by atoms with van der Waals surface area (Å²) in [4.78, 5) is 13.4. The van der Waals surface area contributed by atoms with Crippen molar-refractivity contribution in [2.24, 2.45) is 5.92 Å². The van der Waals surface area contributed by atoms with Crippen molar-refractivity contribution in [3.05, 3.63) is 48.4 Å². The molecule has 2 rings (SSSR count). The van der Waals surface area contributed by atoms with E-state index in [2.05, 4.69) is 0 Å². The number of hydrogen-bond acceptors (Lipinski definition) is 4. The molecule has 1 aliphatic heterocycles. The summed E-state index contributed by atoms with van der Waals surface area (Å²) in [6, 6.07) is 9.52. The summed E-state index contributed by atoms with van der Waals surface area (Å²) in [5.41, 5.74) is 0.943. The highest BCUT2D eigenvalue weighted by molar-refractivity contribution is 5.69. The molecular weight excluding hydrogens is 258 g/mol. The second kappa shape index (κ2) is 6.96. The summed E-state index contributed by atoms with van der Waals surface area (Å²) >= 11 is 0. The Morgan fingerprint density at radius 1 is 1.50 bits per heavy atom. The molecule has 1 aromatic rings. The predicted molar refractivity (Wildman–Crippen MR) is 73.6 cm³/mol. The first-order valence-corrected chi connectivity index (χ1v) is 6.61. The highest BCUT2D eigenvalue weighted by Crippen LogP contribution is 2.15. The lowest BCUT2D eigenvalue weighted by molar-refractivity contribution is 0.0183. The average Bonchev–Trinajstić information content (AvgIpc) is 2.53. The van der Waals surface area contributed by atoms with Crippen LogP contribution in [0.3, 0.4) is 0 Å². The van der Waals surface area contributed by atoms with Crippen LogP contribution in [-0.4, -0.2) is 35.4 Å². The molecular formula is C15H19NO4. The van der Waals surface area contributed by atoms with Crippen molar-refractivity contribution in [1.29, 1.82) is 0 Å². The van der Waals surface area contributed by atoms with Crippen LogP contribution in [0.1, 0.15) is 12.5 Å². The van der Waals surface area contributed by atoms with Gasteiger partial charge in [-0.25, -0.2) is 4.79 Å². The minimum absolute atomic E-state index is 0.0193. The fourth-order valence-corrected chi connectivity index (χ4v) is 1.88. The zero-order valence-corrected chi connectivity index (χ0v) is 11.4. The maximum absolute atomic E-state index is 12.0. The van der Waals surface area contributed by atoms with Crippen LogP contribution in [0.25, 0.3) is 0 Å². The number of aliphatic hydroxyl groups is 1. The van der Waals surface area contributed by atoms with Gasteiger partial charge in [-0.2, -0.15) is 0 Å². The lowest BCUT2D eigenvalue weighted by Gasteiger charge is -2.30. The van der Waals surface area contributed by atoms with Crippen molar-refractivity contribution >= 4 is 6.09 Å². The van der Waals surface area contributed by atoms with Gasteiger partial charge in [-0.05, 0) is 5.56 Å². The summed E-state index contributed by atoms with van der Waals surface area (Å²) < 4.78 is 10.6. The van der Waals surface area contributed by atoms with Gasteiger partial charge in [0.15, 0.2) is 0 Å². The van der Waals surface area contributed by atoms with Crippen molar-refractivity contribution in [2.75, 3.05) is 13.2 Å². The molecule has 0 radical (unpaired) electrons. The smallest absolute Gasteiger partial charge is 0.414 e. The third-order valence-electron chi connectivity index (χ3n) is 3.23. The maximum atomic E-state index is 12.0. The van der Waals surface area contributed by atoms with E-state index in [1.54, 1.807) is 6.20 Å². The Bertz CT molecular complexity index is 460. The van der Waals surface area contributed by atoms with Crippen molar-refractivity contribution in [3.63, 3.8) is 0 Å². The zero-order valence-electron chi connectivity index (χ0n) is 11.4. The number of carbonyl (C=O) groups excluding carboxylic acids is 1. The second-order valence-corrected chi connectivity index (χ2v) is 4.81. The SMILES string of the molecule is C[C@@H](CO)[C@H]1CN(C(=O)OCc2ccccc2)C=CO1. The van der Waals surface area contributed by atoms with Crippen LogP contribution in [0.2, 0.25) is 0 Å². The molecule has 1 N–H and O–H groups in total. The molecule has 1 aromatic carbocycles. The van der Waals surface area contributed by atoms with Gasteiger partial charge in [0.25, 0.3) is 0 Å². The number of aliphatic hydroxyl groups excluding tert-OH is 1. The fraction of sp³-hybridized carbons (Fsp3) is 0.400. The van der Waals surface area contributed by atoms with Crippen LogP contribution in [0.15, 0.2) is 42.8 Å². The third kappa shape index (κ3) is 3.74.